The van der Waals surface area contributed by atoms with Gasteiger partial charge in [-0.05, 0) is 56.6 Å². The van der Waals surface area contributed by atoms with Crippen LogP contribution in [0.5, 0.6) is 0 Å². The highest BCUT2D eigenvalue weighted by molar-refractivity contribution is 7.99. The summed E-state index contributed by atoms with van der Waals surface area (Å²) in [6.07, 6.45) is 8.38. The van der Waals surface area contributed by atoms with Gasteiger partial charge in [-0.2, -0.15) is 0 Å². The first-order chi connectivity index (χ1) is 13.1. The van der Waals surface area contributed by atoms with Gasteiger partial charge in [0.05, 0.1) is 17.8 Å². The van der Waals surface area contributed by atoms with E-state index in [0.717, 1.165) is 29.4 Å². The van der Waals surface area contributed by atoms with E-state index in [2.05, 4.69) is 69.5 Å². The molecular formula is C24H39N3S. The molecule has 0 bridgehead atoms. The zero-order valence-electron chi connectivity index (χ0n) is 18.5. The Morgan fingerprint density at radius 3 is 2.50 bits per heavy atom. The van der Waals surface area contributed by atoms with Crippen molar-refractivity contribution in [1.82, 2.24) is 15.6 Å². The Morgan fingerprint density at radius 1 is 1.18 bits per heavy atom. The van der Waals surface area contributed by atoms with E-state index in [9.17, 15) is 0 Å². The van der Waals surface area contributed by atoms with Crippen molar-refractivity contribution in [1.29, 1.82) is 0 Å². The number of hydrogen-bond donors (Lipinski definition) is 2. The molecule has 0 amide bonds. The van der Waals surface area contributed by atoms with Crippen LogP contribution in [0.2, 0.25) is 0 Å². The maximum atomic E-state index is 4.62. The maximum absolute atomic E-state index is 4.62. The summed E-state index contributed by atoms with van der Waals surface area (Å²) in [5, 5.41) is 7.05. The molecule has 1 aliphatic carbocycles. The van der Waals surface area contributed by atoms with Crippen molar-refractivity contribution in [3.05, 3.63) is 48.6 Å². The van der Waals surface area contributed by atoms with Crippen LogP contribution < -0.4 is 10.6 Å². The second kappa shape index (κ2) is 9.87. The van der Waals surface area contributed by atoms with Crippen molar-refractivity contribution >= 4 is 11.8 Å². The average Bonchev–Trinajstić information content (AvgIpc) is 3.09. The van der Waals surface area contributed by atoms with Crippen molar-refractivity contribution in [2.45, 2.75) is 83.7 Å². The van der Waals surface area contributed by atoms with Crippen LogP contribution in [0.1, 0.15) is 72.4 Å². The van der Waals surface area contributed by atoms with Crippen LogP contribution in [0.3, 0.4) is 0 Å². The van der Waals surface area contributed by atoms with Crippen LogP contribution in [0.25, 0.3) is 0 Å². The number of aromatic nitrogens is 1. The molecule has 1 saturated carbocycles. The van der Waals surface area contributed by atoms with Crippen LogP contribution in [0.4, 0.5) is 0 Å². The Hall–Kier alpha value is -1.42. The highest BCUT2D eigenvalue weighted by Gasteiger charge is 2.24. The summed E-state index contributed by atoms with van der Waals surface area (Å²) in [5.41, 5.74) is 3.06. The van der Waals surface area contributed by atoms with E-state index in [1.165, 1.54) is 36.3 Å². The molecular weight excluding hydrogens is 362 g/mol. The fourth-order valence-electron chi connectivity index (χ4n) is 3.69. The van der Waals surface area contributed by atoms with Crippen molar-refractivity contribution < 1.29 is 0 Å². The van der Waals surface area contributed by atoms with E-state index in [4.69, 9.17) is 0 Å². The molecule has 1 heterocycles. The van der Waals surface area contributed by atoms with E-state index in [0.29, 0.717) is 6.54 Å². The van der Waals surface area contributed by atoms with Crippen molar-refractivity contribution in [3.8, 4) is 0 Å². The Kier molecular flexibility index (Phi) is 8.06. The summed E-state index contributed by atoms with van der Waals surface area (Å²) < 4.78 is 0. The summed E-state index contributed by atoms with van der Waals surface area (Å²) in [7, 11) is 0. The molecule has 0 aromatic carbocycles. The zero-order chi connectivity index (χ0) is 20.8. The molecule has 0 atom stereocenters. The van der Waals surface area contributed by atoms with Gasteiger partial charge in [-0.15, -0.1) is 11.8 Å². The molecule has 0 aliphatic heterocycles. The Bertz CT molecular complexity index is 667. The minimum absolute atomic E-state index is 0.217. The number of pyridine rings is 1. The smallest absolute Gasteiger partial charge is 0.0730 e. The summed E-state index contributed by atoms with van der Waals surface area (Å²) in [6, 6.07) is 4.23. The highest BCUT2D eigenvalue weighted by atomic mass is 32.2. The number of allylic oxidation sites excluding steroid dienone is 1. The molecule has 0 saturated heterocycles. The Morgan fingerprint density at radius 2 is 1.86 bits per heavy atom. The molecule has 1 aromatic rings. The predicted molar refractivity (Wildman–Crippen MR) is 123 cm³/mol. The lowest BCUT2D eigenvalue weighted by Crippen LogP contribution is -2.44. The maximum Gasteiger partial charge on any atom is 0.0730 e. The van der Waals surface area contributed by atoms with Gasteiger partial charge >= 0.3 is 0 Å². The van der Waals surface area contributed by atoms with Crippen molar-refractivity contribution in [3.63, 3.8) is 0 Å². The quantitative estimate of drug-likeness (QED) is 0.452. The standard InChI is InChI=1S/C24H39N3S/c1-18(15-23(3,4)5)27-24(6,7)19(2)26-16-21-22(13-10-14-25-21)28-17-20-11-8-9-12-20/h10,13-14,20,26-27H,1-2,8-9,11-12,15-17H2,3-7H3. The molecule has 2 rings (SSSR count). The number of hydrogen-bond acceptors (Lipinski definition) is 4. The lowest BCUT2D eigenvalue weighted by Gasteiger charge is -2.33. The summed E-state index contributed by atoms with van der Waals surface area (Å²) >= 11 is 1.96. The number of thioether (sulfide) groups is 1. The molecule has 0 spiro atoms. The minimum atomic E-state index is -0.270. The summed E-state index contributed by atoms with van der Waals surface area (Å²) in [5.74, 6) is 2.08. The van der Waals surface area contributed by atoms with Gasteiger partial charge in [0.1, 0.15) is 0 Å². The van der Waals surface area contributed by atoms with E-state index < -0.39 is 0 Å². The van der Waals surface area contributed by atoms with Crippen LogP contribution in [-0.2, 0) is 6.54 Å². The van der Waals surface area contributed by atoms with Crippen LogP contribution in [-0.4, -0.2) is 16.3 Å². The molecule has 3 nitrogen and oxygen atoms in total. The van der Waals surface area contributed by atoms with Gasteiger partial charge in [0.2, 0.25) is 0 Å². The van der Waals surface area contributed by atoms with Gasteiger partial charge in [-0.25, -0.2) is 0 Å². The third kappa shape index (κ3) is 7.54. The minimum Gasteiger partial charge on any atom is -0.381 e. The zero-order valence-corrected chi connectivity index (χ0v) is 19.3. The number of nitrogens with one attached hydrogen (secondary N) is 2. The van der Waals surface area contributed by atoms with Crippen LogP contribution in [0, 0.1) is 11.3 Å². The van der Waals surface area contributed by atoms with E-state index in [1.807, 2.05) is 24.0 Å². The largest absolute Gasteiger partial charge is 0.381 e. The predicted octanol–water partition coefficient (Wildman–Crippen LogP) is 6.29. The highest BCUT2D eigenvalue weighted by Crippen LogP contribution is 2.32. The van der Waals surface area contributed by atoms with Crippen LogP contribution in [0.15, 0.2) is 47.8 Å². The van der Waals surface area contributed by atoms with Crippen molar-refractivity contribution in [2.24, 2.45) is 11.3 Å². The molecule has 2 N–H and O–H groups in total. The molecule has 0 radical (unpaired) electrons. The fourth-order valence-corrected chi connectivity index (χ4v) is 4.90. The third-order valence-electron chi connectivity index (χ3n) is 5.25. The van der Waals surface area contributed by atoms with Crippen molar-refractivity contribution in [2.75, 3.05) is 5.75 Å². The molecule has 1 aromatic heterocycles. The number of nitrogens with zero attached hydrogens (tertiary/aromatic N) is 1. The molecule has 1 aliphatic rings. The Balaban J connectivity index is 1.89. The second-order valence-electron chi connectivity index (χ2n) is 9.83. The third-order valence-corrected chi connectivity index (χ3v) is 6.58. The topological polar surface area (TPSA) is 37.0 Å². The molecule has 0 unspecified atom stereocenters. The molecule has 156 valence electrons. The molecule has 28 heavy (non-hydrogen) atoms. The lowest BCUT2D eigenvalue weighted by molar-refractivity contribution is 0.373. The van der Waals surface area contributed by atoms with Gasteiger partial charge in [0, 0.05) is 28.2 Å². The first kappa shape index (κ1) is 22.9. The lowest BCUT2D eigenvalue weighted by atomic mass is 9.89. The van der Waals surface area contributed by atoms with Gasteiger partial charge < -0.3 is 10.6 Å². The Labute approximate surface area is 176 Å². The monoisotopic (exact) mass is 401 g/mol. The van der Waals surface area contributed by atoms with Crippen LogP contribution >= 0.6 is 11.8 Å². The summed E-state index contributed by atoms with van der Waals surface area (Å²) in [4.78, 5) is 5.91. The summed E-state index contributed by atoms with van der Waals surface area (Å²) in [6.45, 7) is 20.2. The van der Waals surface area contributed by atoms with Gasteiger partial charge in [0.15, 0.2) is 0 Å². The SMILES string of the molecule is C=C(CC(C)(C)C)NC(C)(C)C(=C)NCc1ncccc1SCC1CCCC1. The molecule has 4 heteroatoms. The van der Waals surface area contributed by atoms with Gasteiger partial charge in [0.25, 0.3) is 0 Å². The van der Waals surface area contributed by atoms with E-state index >= 15 is 0 Å². The normalized spacial score (nSPS) is 15.5. The first-order valence-corrected chi connectivity index (χ1v) is 11.5. The first-order valence-electron chi connectivity index (χ1n) is 10.5. The molecule has 1 fully saturated rings. The van der Waals surface area contributed by atoms with Gasteiger partial charge in [-0.1, -0.05) is 46.8 Å². The van der Waals surface area contributed by atoms with E-state index in [-0.39, 0.29) is 11.0 Å². The number of rotatable bonds is 10. The van der Waals surface area contributed by atoms with Gasteiger partial charge in [-0.3, -0.25) is 4.98 Å². The van der Waals surface area contributed by atoms with E-state index in [1.54, 1.807) is 0 Å². The average molecular weight is 402 g/mol. The fraction of sp³-hybridized carbons (Fsp3) is 0.625. The second-order valence-corrected chi connectivity index (χ2v) is 10.9.